The highest BCUT2D eigenvalue weighted by molar-refractivity contribution is 6.30. The van der Waals surface area contributed by atoms with Crippen molar-refractivity contribution in [3.8, 4) is 12.1 Å². The lowest BCUT2D eigenvalue weighted by Gasteiger charge is -2.20. The zero-order valence-electron chi connectivity index (χ0n) is 16.3. The largest absolute Gasteiger partial charge is 0.452 e. The van der Waals surface area contributed by atoms with E-state index in [2.05, 4.69) is 0 Å². The molecule has 0 saturated heterocycles. The molecular formula is C23H20ClN3O3. The topological polar surface area (TPSA) is 94.2 Å². The van der Waals surface area contributed by atoms with Crippen molar-refractivity contribution in [3.05, 3.63) is 70.7 Å². The van der Waals surface area contributed by atoms with E-state index in [0.29, 0.717) is 10.6 Å². The molecule has 6 nitrogen and oxygen atoms in total. The number of benzene rings is 2. The van der Waals surface area contributed by atoms with Gasteiger partial charge in [-0.1, -0.05) is 54.1 Å². The van der Waals surface area contributed by atoms with E-state index in [-0.39, 0.29) is 31.5 Å². The molecule has 0 bridgehead atoms. The van der Waals surface area contributed by atoms with Gasteiger partial charge in [0.25, 0.3) is 5.91 Å². The maximum Gasteiger partial charge on any atom is 0.339 e. The van der Waals surface area contributed by atoms with Gasteiger partial charge < -0.3 is 9.64 Å². The van der Waals surface area contributed by atoms with Gasteiger partial charge in [-0.2, -0.15) is 10.5 Å². The molecule has 0 spiro atoms. The Hall–Kier alpha value is -3.61. The van der Waals surface area contributed by atoms with Crippen LogP contribution in [-0.4, -0.2) is 36.5 Å². The summed E-state index contributed by atoms with van der Waals surface area (Å²) >= 11 is 5.95. The summed E-state index contributed by atoms with van der Waals surface area (Å²) in [4.78, 5) is 26.6. The molecular weight excluding hydrogens is 402 g/mol. The summed E-state index contributed by atoms with van der Waals surface area (Å²) in [6.07, 6.45) is 1.95. The van der Waals surface area contributed by atoms with Crippen molar-refractivity contribution < 1.29 is 14.3 Å². The van der Waals surface area contributed by atoms with Gasteiger partial charge >= 0.3 is 5.97 Å². The van der Waals surface area contributed by atoms with Crippen LogP contribution in [0.5, 0.6) is 0 Å². The SMILES string of the molecule is N#CCCN(CCC#N)C(=O)COC(=O)/C(=C/c1ccccc1)c1ccc(Cl)cc1. The van der Waals surface area contributed by atoms with Crippen molar-refractivity contribution in [3.63, 3.8) is 0 Å². The van der Waals surface area contributed by atoms with Gasteiger partial charge in [0.2, 0.25) is 0 Å². The number of hydrogen-bond donors (Lipinski definition) is 0. The second-order valence-corrected chi connectivity index (χ2v) is 6.69. The smallest absolute Gasteiger partial charge is 0.339 e. The number of hydrogen-bond acceptors (Lipinski definition) is 5. The molecule has 0 fully saturated rings. The van der Waals surface area contributed by atoms with E-state index in [1.165, 1.54) is 4.90 Å². The molecule has 1 amide bonds. The lowest BCUT2D eigenvalue weighted by Crippen LogP contribution is -2.36. The third kappa shape index (κ3) is 7.09. The van der Waals surface area contributed by atoms with Gasteiger partial charge in [0.05, 0.1) is 30.6 Å². The van der Waals surface area contributed by atoms with Crippen LogP contribution in [0.3, 0.4) is 0 Å². The number of nitrogens with zero attached hydrogens (tertiary/aromatic N) is 3. The van der Waals surface area contributed by atoms with Gasteiger partial charge in [-0.25, -0.2) is 4.79 Å². The van der Waals surface area contributed by atoms with E-state index >= 15 is 0 Å². The first-order chi connectivity index (χ1) is 14.5. The van der Waals surface area contributed by atoms with E-state index in [9.17, 15) is 9.59 Å². The number of halogens is 1. The van der Waals surface area contributed by atoms with E-state index in [1.54, 1.807) is 30.3 Å². The maximum atomic E-state index is 12.8. The molecule has 30 heavy (non-hydrogen) atoms. The van der Waals surface area contributed by atoms with Crippen LogP contribution in [0.4, 0.5) is 0 Å². The zero-order valence-corrected chi connectivity index (χ0v) is 17.0. The molecule has 0 aliphatic heterocycles. The van der Waals surface area contributed by atoms with Gasteiger partial charge in [-0.3, -0.25) is 4.79 Å². The van der Waals surface area contributed by atoms with E-state index in [1.807, 2.05) is 42.5 Å². The lowest BCUT2D eigenvalue weighted by atomic mass is 10.0. The Bertz CT molecular complexity index is 955. The summed E-state index contributed by atoms with van der Waals surface area (Å²) in [5, 5.41) is 18.0. The van der Waals surface area contributed by atoms with Gasteiger partial charge in [0, 0.05) is 18.1 Å². The fourth-order valence-electron chi connectivity index (χ4n) is 2.63. The molecule has 0 unspecified atom stereocenters. The molecule has 152 valence electrons. The third-order valence-electron chi connectivity index (χ3n) is 4.15. The predicted molar refractivity (Wildman–Crippen MR) is 114 cm³/mol. The van der Waals surface area contributed by atoms with Gasteiger partial charge in [0.15, 0.2) is 6.61 Å². The molecule has 0 aliphatic rings. The molecule has 0 aromatic heterocycles. The van der Waals surface area contributed by atoms with Crippen LogP contribution in [0, 0.1) is 22.7 Å². The van der Waals surface area contributed by atoms with Crippen molar-refractivity contribution in [2.75, 3.05) is 19.7 Å². The van der Waals surface area contributed by atoms with Gasteiger partial charge in [0.1, 0.15) is 0 Å². The Balaban J connectivity index is 2.17. The Kier molecular flexibility index (Phi) is 9.12. The second-order valence-electron chi connectivity index (χ2n) is 6.25. The average Bonchev–Trinajstić information content (AvgIpc) is 2.77. The highest BCUT2D eigenvalue weighted by Crippen LogP contribution is 2.22. The van der Waals surface area contributed by atoms with Crippen LogP contribution in [0.15, 0.2) is 54.6 Å². The molecule has 0 N–H and O–H groups in total. The van der Waals surface area contributed by atoms with E-state index in [0.717, 1.165) is 5.56 Å². The molecule has 0 aliphatic carbocycles. The summed E-state index contributed by atoms with van der Waals surface area (Å²) in [6, 6.07) is 19.9. The van der Waals surface area contributed by atoms with Crippen molar-refractivity contribution in [2.45, 2.75) is 12.8 Å². The standard InChI is InChI=1S/C23H20ClN3O3/c24-20-10-8-19(9-11-20)21(16-18-6-2-1-3-7-18)23(29)30-17-22(28)27(14-4-12-25)15-5-13-26/h1-3,6-11,16H,4-5,14-15,17H2/b21-16+. The van der Waals surface area contributed by atoms with Crippen LogP contribution in [0.25, 0.3) is 11.6 Å². The third-order valence-corrected chi connectivity index (χ3v) is 4.40. The zero-order chi connectivity index (χ0) is 21.8. The van der Waals surface area contributed by atoms with Gasteiger partial charge in [-0.15, -0.1) is 0 Å². The highest BCUT2D eigenvalue weighted by Gasteiger charge is 2.19. The van der Waals surface area contributed by atoms with Gasteiger partial charge in [-0.05, 0) is 29.3 Å². The van der Waals surface area contributed by atoms with E-state index < -0.39 is 18.5 Å². The summed E-state index contributed by atoms with van der Waals surface area (Å²) in [5.74, 6) is -1.11. The van der Waals surface area contributed by atoms with E-state index in [4.69, 9.17) is 26.9 Å². The number of ether oxygens (including phenoxy) is 1. The van der Waals surface area contributed by atoms with Crippen LogP contribution in [0.1, 0.15) is 24.0 Å². The number of carbonyl (C=O) groups is 2. The molecule has 0 saturated carbocycles. The first kappa shape index (κ1) is 22.7. The molecule has 7 heteroatoms. The van der Waals surface area contributed by atoms with Crippen molar-refractivity contribution in [2.24, 2.45) is 0 Å². The number of rotatable bonds is 9. The number of esters is 1. The van der Waals surface area contributed by atoms with Crippen LogP contribution in [-0.2, 0) is 14.3 Å². The molecule has 2 aromatic carbocycles. The molecule has 2 aromatic rings. The van der Waals surface area contributed by atoms with Crippen molar-refractivity contribution in [1.82, 2.24) is 4.90 Å². The monoisotopic (exact) mass is 421 g/mol. The fraction of sp³-hybridized carbons (Fsp3) is 0.217. The predicted octanol–water partition coefficient (Wildman–Crippen LogP) is 4.08. The Morgan fingerprint density at radius 3 is 2.13 bits per heavy atom. The minimum absolute atomic E-state index is 0.134. The lowest BCUT2D eigenvalue weighted by molar-refractivity contribution is -0.147. The Morgan fingerprint density at radius 1 is 0.967 bits per heavy atom. The summed E-state index contributed by atoms with van der Waals surface area (Å²) < 4.78 is 5.27. The average molecular weight is 422 g/mol. The number of carbonyl (C=O) groups excluding carboxylic acids is 2. The summed E-state index contributed by atoms with van der Waals surface area (Å²) in [6.45, 7) is -0.119. The molecule has 2 rings (SSSR count). The molecule has 0 atom stereocenters. The quantitative estimate of drug-likeness (QED) is 0.345. The highest BCUT2D eigenvalue weighted by atomic mass is 35.5. The fourth-order valence-corrected chi connectivity index (χ4v) is 2.76. The Morgan fingerprint density at radius 2 is 1.57 bits per heavy atom. The maximum absolute atomic E-state index is 12.8. The summed E-state index contributed by atoms with van der Waals surface area (Å²) in [7, 11) is 0. The number of amides is 1. The first-order valence-electron chi connectivity index (χ1n) is 9.26. The molecule has 0 radical (unpaired) electrons. The number of nitriles is 2. The van der Waals surface area contributed by atoms with Crippen molar-refractivity contribution >= 4 is 35.1 Å². The normalized spacial score (nSPS) is 10.6. The summed E-state index contributed by atoms with van der Waals surface area (Å²) in [5.41, 5.74) is 1.69. The first-order valence-corrected chi connectivity index (χ1v) is 9.64. The molecule has 0 heterocycles. The minimum Gasteiger partial charge on any atom is -0.452 e. The minimum atomic E-state index is -0.657. The second kappa shape index (κ2) is 12.1. The van der Waals surface area contributed by atoms with Crippen molar-refractivity contribution in [1.29, 1.82) is 10.5 Å². The van der Waals surface area contributed by atoms with Crippen LogP contribution >= 0.6 is 11.6 Å². The van der Waals surface area contributed by atoms with Crippen LogP contribution in [0.2, 0.25) is 5.02 Å². The van der Waals surface area contributed by atoms with Crippen LogP contribution < -0.4 is 0 Å². The Labute approximate surface area is 180 Å².